The van der Waals surface area contributed by atoms with E-state index in [0.29, 0.717) is 12.3 Å². The van der Waals surface area contributed by atoms with Crippen molar-refractivity contribution in [2.24, 2.45) is 12.8 Å². The number of fused-ring (bicyclic) bond motifs is 1. The molecule has 0 amide bonds. The van der Waals surface area contributed by atoms with Gasteiger partial charge in [-0.2, -0.15) is 5.10 Å². The Bertz CT molecular complexity index is 1140. The zero-order valence-corrected chi connectivity index (χ0v) is 19.9. The normalized spacial score (nSPS) is 17.7. The van der Waals surface area contributed by atoms with E-state index in [1.807, 2.05) is 50.2 Å². The van der Waals surface area contributed by atoms with Crippen molar-refractivity contribution >= 4 is 10.0 Å². The van der Waals surface area contributed by atoms with Crippen LogP contribution in [-0.4, -0.2) is 30.8 Å². The second-order valence-corrected chi connectivity index (χ2v) is 9.46. The van der Waals surface area contributed by atoms with Crippen LogP contribution in [0.2, 0.25) is 0 Å². The summed E-state index contributed by atoms with van der Waals surface area (Å²) < 4.78 is 35.3. The molecule has 3 N–H and O–H groups in total. The van der Waals surface area contributed by atoms with E-state index < -0.39 is 10.0 Å². The Morgan fingerprint density at radius 1 is 1.16 bits per heavy atom. The fourth-order valence-corrected chi connectivity index (χ4v) is 5.12. The lowest BCUT2D eigenvalue weighted by Gasteiger charge is -2.32. The number of nitrogens with two attached hydrogens (primary N) is 1. The van der Waals surface area contributed by atoms with Crippen LogP contribution in [-0.2, 0) is 30.0 Å². The van der Waals surface area contributed by atoms with Crippen molar-refractivity contribution in [3.63, 3.8) is 0 Å². The summed E-state index contributed by atoms with van der Waals surface area (Å²) in [6.07, 6.45) is 2.32. The first-order valence-corrected chi connectivity index (χ1v) is 12.4. The van der Waals surface area contributed by atoms with Crippen molar-refractivity contribution in [1.29, 1.82) is 0 Å². The zero-order chi connectivity index (χ0) is 23.3. The molecule has 0 aliphatic carbocycles. The lowest BCUT2D eigenvalue weighted by Crippen LogP contribution is -2.39. The van der Waals surface area contributed by atoms with Crippen LogP contribution in [0.1, 0.15) is 42.1 Å². The highest BCUT2D eigenvalue weighted by molar-refractivity contribution is 7.89. The van der Waals surface area contributed by atoms with Gasteiger partial charge in [0.15, 0.2) is 0 Å². The lowest BCUT2D eigenvalue weighted by atomic mass is 9.84. The van der Waals surface area contributed by atoms with E-state index in [2.05, 4.69) is 22.0 Å². The number of nitrogens with zero attached hydrogens (tertiary/aromatic N) is 2. The van der Waals surface area contributed by atoms with Gasteiger partial charge in [0.1, 0.15) is 17.3 Å². The van der Waals surface area contributed by atoms with E-state index in [-0.39, 0.29) is 23.4 Å². The standard InChI is InChI=1S/C22H26N4O3S.C2H6/c1-15-22(13-26(2)25-15)30(27,28)24-12-17-8-9-21-19(11-17)18(20(23)14-29-21)10-16-6-4-3-5-7-16;1-2/h3-9,11,13,18,20,24H,10,12,14,23H2,1-2H3;1-2H3. The topological polar surface area (TPSA) is 99.2 Å². The van der Waals surface area contributed by atoms with Gasteiger partial charge in [-0.15, -0.1) is 0 Å². The molecule has 4 rings (SSSR count). The summed E-state index contributed by atoms with van der Waals surface area (Å²) in [5.74, 6) is 0.917. The minimum absolute atomic E-state index is 0.105. The van der Waals surface area contributed by atoms with Gasteiger partial charge in [-0.25, -0.2) is 13.1 Å². The van der Waals surface area contributed by atoms with Gasteiger partial charge in [0.25, 0.3) is 0 Å². The fraction of sp³-hybridized carbons (Fsp3) is 0.375. The molecule has 1 aliphatic rings. The Hall–Kier alpha value is -2.68. The first-order valence-electron chi connectivity index (χ1n) is 10.9. The molecule has 2 atom stereocenters. The van der Waals surface area contributed by atoms with Crippen molar-refractivity contribution in [3.8, 4) is 5.75 Å². The molecule has 0 saturated carbocycles. The second kappa shape index (κ2) is 10.3. The number of aromatic nitrogens is 2. The van der Waals surface area contributed by atoms with Gasteiger partial charge in [-0.1, -0.05) is 56.3 Å². The van der Waals surface area contributed by atoms with Crippen LogP contribution in [0.3, 0.4) is 0 Å². The molecule has 2 heterocycles. The molecule has 172 valence electrons. The number of ether oxygens (including phenoxy) is 1. The molecule has 2 aromatic carbocycles. The quantitative estimate of drug-likeness (QED) is 0.593. The SMILES string of the molecule is CC.Cc1nn(C)cc1S(=O)(=O)NCc1ccc2c(c1)C(Cc1ccccc1)C(N)CO2. The summed E-state index contributed by atoms with van der Waals surface area (Å²) in [5.41, 5.74) is 9.94. The monoisotopic (exact) mass is 456 g/mol. The molecule has 0 spiro atoms. The summed E-state index contributed by atoms with van der Waals surface area (Å²) in [4.78, 5) is 0.190. The van der Waals surface area contributed by atoms with Gasteiger partial charge in [-0.3, -0.25) is 4.68 Å². The van der Waals surface area contributed by atoms with Crippen LogP contribution in [0.4, 0.5) is 0 Å². The van der Waals surface area contributed by atoms with Gasteiger partial charge in [0, 0.05) is 31.7 Å². The van der Waals surface area contributed by atoms with Gasteiger partial charge < -0.3 is 10.5 Å². The minimum atomic E-state index is -3.65. The number of aryl methyl sites for hydroxylation is 2. The van der Waals surface area contributed by atoms with Crippen LogP contribution >= 0.6 is 0 Å². The molecule has 32 heavy (non-hydrogen) atoms. The van der Waals surface area contributed by atoms with E-state index >= 15 is 0 Å². The average molecular weight is 457 g/mol. The smallest absolute Gasteiger partial charge is 0.244 e. The summed E-state index contributed by atoms with van der Waals surface area (Å²) in [7, 11) is -1.95. The van der Waals surface area contributed by atoms with E-state index in [0.717, 1.165) is 23.3 Å². The predicted octanol–water partition coefficient (Wildman–Crippen LogP) is 3.28. The maximum absolute atomic E-state index is 12.7. The number of hydrogen-bond acceptors (Lipinski definition) is 5. The number of rotatable bonds is 6. The molecule has 7 nitrogen and oxygen atoms in total. The fourth-order valence-electron chi connectivity index (χ4n) is 3.89. The summed E-state index contributed by atoms with van der Waals surface area (Å²) in [5, 5.41) is 4.12. The lowest BCUT2D eigenvalue weighted by molar-refractivity contribution is 0.238. The van der Waals surface area contributed by atoms with Crippen LogP contribution < -0.4 is 15.2 Å². The molecule has 0 saturated heterocycles. The number of benzene rings is 2. The number of hydrogen-bond donors (Lipinski definition) is 2. The molecule has 0 bridgehead atoms. The first-order chi connectivity index (χ1) is 15.3. The van der Waals surface area contributed by atoms with Crippen molar-refractivity contribution in [2.75, 3.05) is 6.61 Å². The highest BCUT2D eigenvalue weighted by Gasteiger charge is 2.29. The predicted molar refractivity (Wildman–Crippen MR) is 126 cm³/mol. The van der Waals surface area contributed by atoms with Crippen molar-refractivity contribution < 1.29 is 13.2 Å². The van der Waals surface area contributed by atoms with Crippen LogP contribution in [0.15, 0.2) is 59.6 Å². The molecule has 0 fully saturated rings. The Morgan fingerprint density at radius 3 is 2.53 bits per heavy atom. The van der Waals surface area contributed by atoms with Crippen LogP contribution in [0.5, 0.6) is 5.75 Å². The average Bonchev–Trinajstić information content (AvgIpc) is 3.15. The van der Waals surface area contributed by atoms with Crippen LogP contribution in [0, 0.1) is 6.92 Å². The molecule has 8 heteroatoms. The maximum Gasteiger partial charge on any atom is 0.244 e. The third-order valence-corrected chi connectivity index (χ3v) is 6.95. The summed E-state index contributed by atoms with van der Waals surface area (Å²) >= 11 is 0. The van der Waals surface area contributed by atoms with Crippen LogP contribution in [0.25, 0.3) is 0 Å². The summed E-state index contributed by atoms with van der Waals surface area (Å²) in [6, 6.07) is 15.9. The molecule has 1 aliphatic heterocycles. The van der Waals surface area contributed by atoms with E-state index in [4.69, 9.17) is 10.5 Å². The van der Waals surface area contributed by atoms with Crippen molar-refractivity contribution in [1.82, 2.24) is 14.5 Å². The molecule has 3 aromatic rings. The third-order valence-electron chi connectivity index (χ3n) is 5.44. The van der Waals surface area contributed by atoms with Crippen molar-refractivity contribution in [2.45, 2.75) is 50.6 Å². The zero-order valence-electron chi connectivity index (χ0n) is 19.1. The van der Waals surface area contributed by atoms with Gasteiger partial charge in [0.05, 0.1) is 5.69 Å². The van der Waals surface area contributed by atoms with E-state index in [1.165, 1.54) is 16.4 Å². The number of nitrogens with one attached hydrogen (secondary N) is 1. The van der Waals surface area contributed by atoms with Gasteiger partial charge >= 0.3 is 0 Å². The van der Waals surface area contributed by atoms with Gasteiger partial charge in [0.2, 0.25) is 10.0 Å². The largest absolute Gasteiger partial charge is 0.492 e. The Morgan fingerprint density at radius 2 is 1.88 bits per heavy atom. The van der Waals surface area contributed by atoms with Crippen molar-refractivity contribution in [3.05, 3.63) is 77.1 Å². The minimum Gasteiger partial charge on any atom is -0.492 e. The summed E-state index contributed by atoms with van der Waals surface area (Å²) in [6.45, 7) is 6.33. The maximum atomic E-state index is 12.7. The second-order valence-electron chi connectivity index (χ2n) is 7.72. The number of sulfonamides is 1. The Kier molecular flexibility index (Phi) is 7.71. The molecular formula is C24H32N4O3S. The Labute approximate surface area is 190 Å². The van der Waals surface area contributed by atoms with E-state index in [9.17, 15) is 8.42 Å². The molecule has 1 aromatic heterocycles. The molecular weight excluding hydrogens is 424 g/mol. The third kappa shape index (κ3) is 5.38. The van der Waals surface area contributed by atoms with E-state index in [1.54, 1.807) is 14.0 Å². The highest BCUT2D eigenvalue weighted by Crippen LogP contribution is 2.36. The highest BCUT2D eigenvalue weighted by atomic mass is 32.2. The molecule has 0 radical (unpaired) electrons. The first kappa shape index (κ1) is 24.0. The Balaban J connectivity index is 0.00000141. The van der Waals surface area contributed by atoms with Gasteiger partial charge in [-0.05, 0) is 36.1 Å². The molecule has 2 unspecified atom stereocenters.